The number of hydrogen-bond donors (Lipinski definition) is 1. The third kappa shape index (κ3) is 5.32. The molecule has 1 N–H and O–H groups in total. The Labute approximate surface area is 205 Å². The van der Waals surface area contributed by atoms with Gasteiger partial charge in [0.15, 0.2) is 0 Å². The molecule has 6 nitrogen and oxygen atoms in total. The number of rotatable bonds is 9. The molecule has 4 aromatic rings. The topological polar surface area (TPSA) is 69.9 Å². The highest BCUT2D eigenvalue weighted by Crippen LogP contribution is 2.40. The van der Waals surface area contributed by atoms with Crippen LogP contribution >= 0.6 is 0 Å². The predicted molar refractivity (Wildman–Crippen MR) is 139 cm³/mol. The van der Waals surface area contributed by atoms with Crippen LogP contribution in [0.1, 0.15) is 26.3 Å². The SMILES string of the molecule is CCOc1ccc(NC(=O)/C=C(\C)c2cc3c(-c4ccccc4OC)coc3cc2OCC)cc1. The van der Waals surface area contributed by atoms with E-state index in [0.717, 1.165) is 39.1 Å². The Morgan fingerprint density at radius 2 is 1.69 bits per heavy atom. The summed E-state index contributed by atoms with van der Waals surface area (Å²) in [7, 11) is 1.65. The molecule has 180 valence electrons. The number of carbonyl (C=O) groups is 1. The first kappa shape index (κ1) is 24.0. The number of anilines is 1. The zero-order chi connectivity index (χ0) is 24.8. The number of amides is 1. The minimum atomic E-state index is -0.230. The second-order valence-electron chi connectivity index (χ2n) is 7.90. The smallest absolute Gasteiger partial charge is 0.248 e. The molecule has 0 saturated carbocycles. The van der Waals surface area contributed by atoms with Crippen LogP contribution in [0.15, 0.2) is 77.4 Å². The van der Waals surface area contributed by atoms with Crippen molar-refractivity contribution in [1.29, 1.82) is 0 Å². The van der Waals surface area contributed by atoms with E-state index < -0.39 is 0 Å². The fourth-order valence-corrected chi connectivity index (χ4v) is 3.97. The molecule has 0 radical (unpaired) electrons. The fraction of sp³-hybridized carbons (Fsp3) is 0.207. The number of ether oxygens (including phenoxy) is 3. The summed E-state index contributed by atoms with van der Waals surface area (Å²) in [4.78, 5) is 12.8. The van der Waals surface area contributed by atoms with Crippen molar-refractivity contribution < 1.29 is 23.4 Å². The first-order valence-corrected chi connectivity index (χ1v) is 11.6. The molecule has 0 spiro atoms. The number of allylic oxidation sites excluding steroid dienone is 1. The van der Waals surface area contributed by atoms with Crippen LogP contribution in [0, 0.1) is 0 Å². The summed E-state index contributed by atoms with van der Waals surface area (Å²) >= 11 is 0. The van der Waals surface area contributed by atoms with Crippen molar-refractivity contribution in [3.63, 3.8) is 0 Å². The van der Waals surface area contributed by atoms with Crippen molar-refractivity contribution in [1.82, 2.24) is 0 Å². The Morgan fingerprint density at radius 1 is 0.943 bits per heavy atom. The van der Waals surface area contributed by atoms with E-state index in [1.54, 1.807) is 19.4 Å². The molecule has 6 heteroatoms. The highest BCUT2D eigenvalue weighted by atomic mass is 16.5. The van der Waals surface area contributed by atoms with E-state index in [-0.39, 0.29) is 5.91 Å². The minimum Gasteiger partial charge on any atom is -0.496 e. The van der Waals surface area contributed by atoms with Crippen LogP contribution in [-0.4, -0.2) is 26.2 Å². The number of methoxy groups -OCH3 is 1. The van der Waals surface area contributed by atoms with Gasteiger partial charge >= 0.3 is 0 Å². The molecule has 0 aliphatic rings. The first-order valence-electron chi connectivity index (χ1n) is 11.6. The maximum Gasteiger partial charge on any atom is 0.248 e. The van der Waals surface area contributed by atoms with Gasteiger partial charge in [-0.3, -0.25) is 4.79 Å². The summed E-state index contributed by atoms with van der Waals surface area (Å²) in [5, 5.41) is 3.81. The zero-order valence-corrected chi connectivity index (χ0v) is 20.4. The number of hydrogen-bond acceptors (Lipinski definition) is 5. The second-order valence-corrected chi connectivity index (χ2v) is 7.90. The molecule has 0 fully saturated rings. The van der Waals surface area contributed by atoms with Crippen molar-refractivity contribution in [3.8, 4) is 28.4 Å². The largest absolute Gasteiger partial charge is 0.496 e. The van der Waals surface area contributed by atoms with Gasteiger partial charge in [0, 0.05) is 39.9 Å². The summed E-state index contributed by atoms with van der Waals surface area (Å²) < 4.78 is 22.8. The molecule has 0 unspecified atom stereocenters. The third-order valence-electron chi connectivity index (χ3n) is 5.58. The van der Waals surface area contributed by atoms with Crippen LogP contribution < -0.4 is 19.5 Å². The molecule has 1 heterocycles. The van der Waals surface area contributed by atoms with Gasteiger partial charge in [-0.25, -0.2) is 0 Å². The van der Waals surface area contributed by atoms with E-state index in [1.807, 2.05) is 81.4 Å². The molecule has 0 aliphatic heterocycles. The average Bonchev–Trinajstić information content (AvgIpc) is 3.27. The molecule has 4 rings (SSSR count). The molecule has 0 aliphatic carbocycles. The van der Waals surface area contributed by atoms with Crippen molar-refractivity contribution >= 4 is 28.1 Å². The van der Waals surface area contributed by atoms with E-state index in [4.69, 9.17) is 18.6 Å². The van der Waals surface area contributed by atoms with Crippen LogP contribution in [0.2, 0.25) is 0 Å². The normalized spacial score (nSPS) is 11.4. The van der Waals surface area contributed by atoms with Crippen LogP contribution in [-0.2, 0) is 4.79 Å². The number of furan rings is 1. The maximum atomic E-state index is 12.8. The zero-order valence-electron chi connectivity index (χ0n) is 20.4. The molecule has 35 heavy (non-hydrogen) atoms. The van der Waals surface area contributed by atoms with E-state index >= 15 is 0 Å². The summed E-state index contributed by atoms with van der Waals surface area (Å²) in [6, 6.07) is 19.0. The number of carbonyl (C=O) groups excluding carboxylic acids is 1. The Hall–Kier alpha value is -4.19. The lowest BCUT2D eigenvalue weighted by Crippen LogP contribution is -2.08. The number of para-hydroxylation sites is 1. The maximum absolute atomic E-state index is 12.8. The first-order chi connectivity index (χ1) is 17.0. The highest BCUT2D eigenvalue weighted by Gasteiger charge is 2.17. The van der Waals surface area contributed by atoms with Gasteiger partial charge < -0.3 is 23.9 Å². The van der Waals surface area contributed by atoms with Gasteiger partial charge in [0.1, 0.15) is 22.8 Å². The Bertz CT molecular complexity index is 1350. The fourth-order valence-electron chi connectivity index (χ4n) is 3.97. The Morgan fingerprint density at radius 3 is 2.40 bits per heavy atom. The average molecular weight is 472 g/mol. The monoisotopic (exact) mass is 471 g/mol. The molecule has 1 amide bonds. The molecular weight excluding hydrogens is 442 g/mol. The summed E-state index contributed by atoms with van der Waals surface area (Å²) in [5.41, 5.74) is 4.82. The summed E-state index contributed by atoms with van der Waals surface area (Å²) in [6.07, 6.45) is 3.29. The molecular formula is C29H29NO5. The lowest BCUT2D eigenvalue weighted by Gasteiger charge is -2.12. The van der Waals surface area contributed by atoms with Gasteiger partial charge in [-0.2, -0.15) is 0 Å². The molecule has 0 atom stereocenters. The Kier molecular flexibility index (Phi) is 7.41. The van der Waals surface area contributed by atoms with Crippen LogP contribution in [0.3, 0.4) is 0 Å². The van der Waals surface area contributed by atoms with Gasteiger partial charge in [0.25, 0.3) is 0 Å². The van der Waals surface area contributed by atoms with Crippen molar-refractivity contribution in [2.75, 3.05) is 25.6 Å². The predicted octanol–water partition coefficient (Wildman–Crippen LogP) is 6.95. The quantitative estimate of drug-likeness (QED) is 0.268. The number of nitrogens with one attached hydrogen (secondary N) is 1. The number of fused-ring (bicyclic) bond motifs is 1. The van der Waals surface area contributed by atoms with E-state index in [1.165, 1.54) is 0 Å². The van der Waals surface area contributed by atoms with Gasteiger partial charge in [-0.15, -0.1) is 0 Å². The second kappa shape index (κ2) is 10.8. The van der Waals surface area contributed by atoms with Crippen LogP contribution in [0.4, 0.5) is 5.69 Å². The van der Waals surface area contributed by atoms with Gasteiger partial charge in [0.05, 0.1) is 26.6 Å². The molecule has 0 saturated heterocycles. The van der Waals surface area contributed by atoms with Gasteiger partial charge in [-0.05, 0) is 62.7 Å². The van der Waals surface area contributed by atoms with E-state index in [0.29, 0.717) is 30.2 Å². The van der Waals surface area contributed by atoms with Crippen LogP contribution in [0.5, 0.6) is 17.2 Å². The van der Waals surface area contributed by atoms with Crippen molar-refractivity contribution in [2.24, 2.45) is 0 Å². The molecule has 3 aromatic carbocycles. The van der Waals surface area contributed by atoms with Gasteiger partial charge in [0.2, 0.25) is 5.91 Å². The molecule has 1 aromatic heterocycles. The lowest BCUT2D eigenvalue weighted by atomic mass is 9.98. The summed E-state index contributed by atoms with van der Waals surface area (Å²) in [5.74, 6) is 1.94. The van der Waals surface area contributed by atoms with Crippen LogP contribution in [0.25, 0.3) is 27.7 Å². The lowest BCUT2D eigenvalue weighted by molar-refractivity contribution is -0.111. The van der Waals surface area contributed by atoms with E-state index in [2.05, 4.69) is 5.32 Å². The Balaban J connectivity index is 1.68. The molecule has 0 bridgehead atoms. The standard InChI is InChI=1S/C29H29NO5/c1-5-33-21-13-11-20(12-14-21)30-29(31)15-19(3)23-16-24-25(22-9-7-8-10-26(22)32-4)18-35-28(24)17-27(23)34-6-2/h7-18H,5-6H2,1-4H3,(H,30,31)/b19-15+. The van der Waals surface area contributed by atoms with Crippen molar-refractivity contribution in [2.45, 2.75) is 20.8 Å². The number of benzene rings is 3. The third-order valence-corrected chi connectivity index (χ3v) is 5.58. The van der Waals surface area contributed by atoms with Crippen molar-refractivity contribution in [3.05, 3.63) is 78.6 Å². The van der Waals surface area contributed by atoms with E-state index in [9.17, 15) is 4.79 Å². The summed E-state index contributed by atoms with van der Waals surface area (Å²) in [6.45, 7) is 6.83. The minimum absolute atomic E-state index is 0.230. The highest BCUT2D eigenvalue weighted by molar-refractivity contribution is 6.05. The van der Waals surface area contributed by atoms with Gasteiger partial charge in [-0.1, -0.05) is 18.2 Å².